The van der Waals surface area contributed by atoms with Gasteiger partial charge in [-0.1, -0.05) is 0 Å². The number of amides is 3. The summed E-state index contributed by atoms with van der Waals surface area (Å²) < 4.78 is 5.09. The number of aliphatic hydroxyl groups excluding tert-OH is 10. The molecule has 0 rings (SSSR count). The number of nitrogens with one attached hydrogen (secondary N) is 3. The second-order valence-corrected chi connectivity index (χ2v) is 9.88. The van der Waals surface area contributed by atoms with Crippen LogP contribution in [-0.4, -0.2) is 156 Å². The number of alkyl carbamates (subject to hydrolysis) is 1. The minimum absolute atomic E-state index is 0.327. The van der Waals surface area contributed by atoms with Gasteiger partial charge in [-0.25, -0.2) is 4.79 Å². The van der Waals surface area contributed by atoms with Crippen molar-refractivity contribution in [2.75, 3.05) is 26.3 Å². The van der Waals surface area contributed by atoms with E-state index in [0.29, 0.717) is 0 Å². The molecule has 13 N–H and O–H groups in total. The summed E-state index contributed by atoms with van der Waals surface area (Å²) in [6.45, 7) is 1.69. The maximum Gasteiger partial charge on any atom is 0.408 e. The average molecular weight is 574 g/mol. The summed E-state index contributed by atoms with van der Waals surface area (Å²) in [6, 6.07) is -1.40. The van der Waals surface area contributed by atoms with E-state index in [2.05, 4.69) is 16.0 Å². The zero-order valence-electron chi connectivity index (χ0n) is 22.0. The summed E-state index contributed by atoms with van der Waals surface area (Å²) in [5, 5.41) is 102. The van der Waals surface area contributed by atoms with Crippen molar-refractivity contribution in [1.29, 1.82) is 0 Å². The van der Waals surface area contributed by atoms with Gasteiger partial charge in [0.2, 0.25) is 11.8 Å². The Bertz CT molecular complexity index is 752. The molecule has 0 fully saturated rings. The van der Waals surface area contributed by atoms with Crippen LogP contribution >= 0.6 is 0 Å². The predicted molar refractivity (Wildman–Crippen MR) is 131 cm³/mol. The molecular formula is C22H43N3O14. The number of hydrogen-bond acceptors (Lipinski definition) is 14. The predicted octanol–water partition coefficient (Wildman–Crippen LogP) is -6.24. The Morgan fingerprint density at radius 2 is 1.10 bits per heavy atom. The summed E-state index contributed by atoms with van der Waals surface area (Å²) in [6.07, 6.45) is -16.4. The smallest absolute Gasteiger partial charge is 0.408 e. The van der Waals surface area contributed by atoms with Crippen LogP contribution in [0, 0.1) is 0 Å². The second kappa shape index (κ2) is 17.5. The van der Waals surface area contributed by atoms with E-state index in [9.17, 15) is 55.2 Å². The third kappa shape index (κ3) is 14.1. The molecule has 0 aromatic rings. The Morgan fingerprint density at radius 3 is 1.51 bits per heavy atom. The van der Waals surface area contributed by atoms with Gasteiger partial charge in [0.1, 0.15) is 48.3 Å². The molecule has 230 valence electrons. The highest BCUT2D eigenvalue weighted by Crippen LogP contribution is 2.09. The van der Waals surface area contributed by atoms with E-state index in [0.717, 1.165) is 0 Å². The summed E-state index contributed by atoms with van der Waals surface area (Å²) in [5.74, 6) is -1.67. The highest BCUT2D eigenvalue weighted by atomic mass is 16.6. The molecule has 39 heavy (non-hydrogen) atoms. The molecule has 3 amide bonds. The molecule has 17 heteroatoms. The van der Waals surface area contributed by atoms with E-state index < -0.39 is 111 Å². The minimum Gasteiger partial charge on any atom is -0.444 e. The monoisotopic (exact) mass is 573 g/mol. The second-order valence-electron chi connectivity index (χ2n) is 9.88. The molecule has 9 atom stereocenters. The molecular weight excluding hydrogens is 530 g/mol. The van der Waals surface area contributed by atoms with Crippen molar-refractivity contribution >= 4 is 17.9 Å². The summed E-state index contributed by atoms with van der Waals surface area (Å²) in [7, 11) is 0. The van der Waals surface area contributed by atoms with Crippen molar-refractivity contribution in [3.8, 4) is 0 Å². The molecule has 0 saturated carbocycles. The lowest BCUT2D eigenvalue weighted by Gasteiger charge is -2.27. The molecule has 0 radical (unpaired) electrons. The maximum absolute atomic E-state index is 12.7. The Labute approximate surface area is 225 Å². The first-order valence-electron chi connectivity index (χ1n) is 12.1. The number of carbonyl (C=O) groups excluding carboxylic acids is 3. The number of aliphatic hydroxyl groups is 10. The van der Waals surface area contributed by atoms with E-state index in [1.54, 1.807) is 20.8 Å². The summed E-state index contributed by atoms with van der Waals surface area (Å²) in [4.78, 5) is 37.1. The molecule has 0 aromatic carbocycles. The first-order chi connectivity index (χ1) is 17.9. The van der Waals surface area contributed by atoms with Gasteiger partial charge in [0.05, 0.1) is 25.4 Å². The van der Waals surface area contributed by atoms with Crippen molar-refractivity contribution in [2.45, 2.75) is 94.1 Å². The van der Waals surface area contributed by atoms with Crippen LogP contribution in [0.3, 0.4) is 0 Å². The first kappa shape index (κ1) is 36.8. The Morgan fingerprint density at radius 1 is 0.692 bits per heavy atom. The highest BCUT2D eigenvalue weighted by molar-refractivity contribution is 5.86. The summed E-state index contributed by atoms with van der Waals surface area (Å²) in [5.41, 5.74) is -0.933. The zero-order valence-corrected chi connectivity index (χ0v) is 22.0. The minimum atomic E-state index is -1.95. The first-order valence-corrected chi connectivity index (χ1v) is 12.1. The Kier molecular flexibility index (Phi) is 16.5. The highest BCUT2D eigenvalue weighted by Gasteiger charge is 2.32. The quantitative estimate of drug-likeness (QED) is 0.0770. The fraction of sp³-hybridized carbons (Fsp3) is 0.864. The number of rotatable bonds is 17. The Balaban J connectivity index is 5.13. The van der Waals surface area contributed by atoms with Crippen LogP contribution < -0.4 is 16.0 Å². The number of carbonyl (C=O) groups is 3. The molecule has 0 spiro atoms. The van der Waals surface area contributed by atoms with Crippen LogP contribution in [0.25, 0.3) is 0 Å². The third-order valence-corrected chi connectivity index (χ3v) is 5.31. The van der Waals surface area contributed by atoms with Crippen LogP contribution in [0.1, 0.15) is 33.6 Å². The van der Waals surface area contributed by atoms with Gasteiger partial charge in [-0.05, 0) is 27.2 Å². The van der Waals surface area contributed by atoms with E-state index in [1.807, 2.05) is 0 Å². The van der Waals surface area contributed by atoms with Crippen LogP contribution in [-0.2, 0) is 14.3 Å². The molecule has 0 heterocycles. The molecule has 0 aliphatic heterocycles. The normalized spacial score (nSPS) is 18.9. The fourth-order valence-electron chi connectivity index (χ4n) is 3.00. The van der Waals surface area contributed by atoms with E-state index in [-0.39, 0.29) is 6.42 Å². The van der Waals surface area contributed by atoms with Gasteiger partial charge in [-0.15, -0.1) is 0 Å². The topological polar surface area (TPSA) is 299 Å². The van der Waals surface area contributed by atoms with Gasteiger partial charge >= 0.3 is 6.09 Å². The molecule has 0 unspecified atom stereocenters. The summed E-state index contributed by atoms with van der Waals surface area (Å²) >= 11 is 0. The van der Waals surface area contributed by atoms with Gasteiger partial charge in [-0.3, -0.25) is 9.59 Å². The molecule has 17 nitrogen and oxygen atoms in total. The van der Waals surface area contributed by atoms with Crippen molar-refractivity contribution in [3.63, 3.8) is 0 Å². The van der Waals surface area contributed by atoms with Crippen molar-refractivity contribution < 1.29 is 70.2 Å². The lowest BCUT2D eigenvalue weighted by atomic mass is 10.0. The number of ether oxygens (including phenoxy) is 1. The standard InChI is InChI=1S/C22H43N3O14/c1-22(2,3)39-21(38)25-10(20(37)24-7-12(29)17(34)19(36)14(31)9-27)4-5-15(32)23-6-11(28)16(33)18(35)13(30)8-26/h10-14,16-19,26-31,33-36H,4-9H2,1-3H3,(H,23,32)(H,24,37)(H,25,38)/t10-,11-,12-,13+,14+,16+,17+,18+,19+/m0/s1. The van der Waals surface area contributed by atoms with Gasteiger partial charge in [-0.2, -0.15) is 0 Å². The Hall–Kier alpha value is -2.19. The molecule has 0 aliphatic rings. The molecule has 0 aromatic heterocycles. The SMILES string of the molecule is CC(C)(C)OC(=O)N[C@@H](CCC(=O)NC[C@H](O)[C@@H](O)[C@H](O)[C@H](O)CO)C(=O)NC[C@H](O)[C@@H](O)[C@H](O)[C@H](O)CO. The van der Waals surface area contributed by atoms with Crippen molar-refractivity contribution in [1.82, 2.24) is 16.0 Å². The average Bonchev–Trinajstić information content (AvgIpc) is 2.88. The van der Waals surface area contributed by atoms with Crippen LogP contribution in [0.5, 0.6) is 0 Å². The maximum atomic E-state index is 12.7. The van der Waals surface area contributed by atoms with Crippen LogP contribution in [0.15, 0.2) is 0 Å². The van der Waals surface area contributed by atoms with Crippen LogP contribution in [0.2, 0.25) is 0 Å². The molecule has 0 bridgehead atoms. The van der Waals surface area contributed by atoms with E-state index >= 15 is 0 Å². The molecule has 0 saturated heterocycles. The van der Waals surface area contributed by atoms with Crippen molar-refractivity contribution in [2.24, 2.45) is 0 Å². The van der Waals surface area contributed by atoms with E-state index in [1.165, 1.54) is 0 Å². The van der Waals surface area contributed by atoms with Gasteiger partial charge in [0, 0.05) is 19.5 Å². The fourth-order valence-corrected chi connectivity index (χ4v) is 3.00. The van der Waals surface area contributed by atoms with Gasteiger partial charge in [0.15, 0.2) is 0 Å². The van der Waals surface area contributed by atoms with Crippen molar-refractivity contribution in [3.05, 3.63) is 0 Å². The third-order valence-electron chi connectivity index (χ3n) is 5.31. The lowest BCUT2D eigenvalue weighted by molar-refractivity contribution is -0.128. The zero-order chi connectivity index (χ0) is 30.5. The largest absolute Gasteiger partial charge is 0.444 e. The molecule has 0 aliphatic carbocycles. The van der Waals surface area contributed by atoms with E-state index in [4.69, 9.17) is 14.9 Å². The van der Waals surface area contributed by atoms with Crippen LogP contribution in [0.4, 0.5) is 4.79 Å². The van der Waals surface area contributed by atoms with Gasteiger partial charge in [0.25, 0.3) is 0 Å². The van der Waals surface area contributed by atoms with Gasteiger partial charge < -0.3 is 71.8 Å². The lowest BCUT2D eigenvalue weighted by Crippen LogP contribution is -2.53. The number of hydrogen-bond donors (Lipinski definition) is 13.